The third-order valence-electron chi connectivity index (χ3n) is 5.13. The number of piperidine rings is 1. The van der Waals surface area contributed by atoms with E-state index in [1.165, 1.54) is 12.8 Å². The van der Waals surface area contributed by atoms with Gasteiger partial charge in [0.2, 0.25) is 0 Å². The first-order chi connectivity index (χ1) is 9.61. The van der Waals surface area contributed by atoms with E-state index in [1.54, 1.807) is 6.20 Å². The molecule has 4 nitrogen and oxygen atoms in total. The Morgan fingerprint density at radius 2 is 2.05 bits per heavy atom. The van der Waals surface area contributed by atoms with E-state index in [0.29, 0.717) is 23.0 Å². The summed E-state index contributed by atoms with van der Waals surface area (Å²) in [5.41, 5.74) is 0.822. The van der Waals surface area contributed by atoms with Gasteiger partial charge in [-0.1, -0.05) is 18.5 Å². The molecule has 112 valence electrons. The van der Waals surface area contributed by atoms with Gasteiger partial charge in [0.1, 0.15) is 6.10 Å². The first-order valence-electron chi connectivity index (χ1n) is 7.73. The number of nitrogens with zero attached hydrogens (tertiary/aromatic N) is 3. The summed E-state index contributed by atoms with van der Waals surface area (Å²) in [7, 11) is 2.22. The molecular formula is C15H24ClN3O. The normalized spacial score (nSPS) is 31.7. The van der Waals surface area contributed by atoms with Crippen LogP contribution >= 0.6 is 11.6 Å². The highest BCUT2D eigenvalue weighted by molar-refractivity contribution is 6.31. The van der Waals surface area contributed by atoms with E-state index < -0.39 is 6.10 Å². The molecule has 1 aromatic rings. The summed E-state index contributed by atoms with van der Waals surface area (Å²) >= 11 is 6.26. The third-order valence-corrected chi connectivity index (χ3v) is 5.42. The van der Waals surface area contributed by atoms with Crippen LogP contribution in [0.1, 0.15) is 50.8 Å². The Kier molecular flexibility index (Phi) is 4.07. The molecule has 0 amide bonds. The summed E-state index contributed by atoms with van der Waals surface area (Å²) in [4.78, 5) is 2.49. The first kappa shape index (κ1) is 14.4. The van der Waals surface area contributed by atoms with Crippen LogP contribution in [-0.4, -0.2) is 38.9 Å². The molecule has 5 heteroatoms. The average Bonchev–Trinajstić information content (AvgIpc) is 2.86. The van der Waals surface area contributed by atoms with Crippen molar-refractivity contribution in [2.45, 2.75) is 63.8 Å². The Bertz CT molecular complexity index is 462. The zero-order valence-electron chi connectivity index (χ0n) is 12.3. The molecule has 3 rings (SSSR count). The third kappa shape index (κ3) is 2.38. The van der Waals surface area contributed by atoms with Crippen molar-refractivity contribution >= 4 is 11.6 Å². The van der Waals surface area contributed by atoms with Crippen LogP contribution in [0.4, 0.5) is 0 Å². The van der Waals surface area contributed by atoms with Crippen molar-refractivity contribution in [1.29, 1.82) is 0 Å². The molecule has 0 aromatic carbocycles. The lowest BCUT2D eigenvalue weighted by atomic mass is 9.85. The molecular weight excluding hydrogens is 274 g/mol. The maximum absolute atomic E-state index is 10.8. The van der Waals surface area contributed by atoms with Crippen molar-refractivity contribution < 1.29 is 5.11 Å². The quantitative estimate of drug-likeness (QED) is 0.929. The molecule has 1 N–H and O–H groups in total. The second kappa shape index (κ2) is 5.66. The molecule has 3 heterocycles. The van der Waals surface area contributed by atoms with Gasteiger partial charge in [-0.25, -0.2) is 0 Å². The number of fused-ring (bicyclic) bond motifs is 2. The van der Waals surface area contributed by atoms with Crippen molar-refractivity contribution in [3.05, 3.63) is 16.9 Å². The van der Waals surface area contributed by atoms with E-state index in [9.17, 15) is 5.11 Å². The van der Waals surface area contributed by atoms with Crippen LogP contribution in [0.15, 0.2) is 6.20 Å². The lowest BCUT2D eigenvalue weighted by molar-refractivity contribution is 0.0307. The van der Waals surface area contributed by atoms with Gasteiger partial charge in [0, 0.05) is 18.6 Å². The summed E-state index contributed by atoms with van der Waals surface area (Å²) in [6, 6.07) is 1.27. The second-order valence-electron chi connectivity index (χ2n) is 6.33. The van der Waals surface area contributed by atoms with Crippen molar-refractivity contribution in [3.8, 4) is 0 Å². The van der Waals surface area contributed by atoms with Crippen molar-refractivity contribution in [3.63, 3.8) is 0 Å². The standard InChI is InChI=1S/C15H24ClN3O/c1-3-6-19-14(13(16)9-17-19)15(20)10-7-11-4-5-12(8-10)18(11)2/h9-12,15,20H,3-8H2,1-2H3. The van der Waals surface area contributed by atoms with E-state index in [-0.39, 0.29) is 0 Å². The number of halogens is 1. The van der Waals surface area contributed by atoms with Gasteiger partial charge in [-0.15, -0.1) is 0 Å². The minimum atomic E-state index is -0.478. The maximum atomic E-state index is 10.8. The number of aromatic nitrogens is 2. The molecule has 0 saturated carbocycles. The molecule has 2 bridgehead atoms. The Balaban J connectivity index is 1.79. The lowest BCUT2D eigenvalue weighted by Gasteiger charge is -2.38. The van der Waals surface area contributed by atoms with Crippen molar-refractivity contribution in [1.82, 2.24) is 14.7 Å². The van der Waals surface area contributed by atoms with Gasteiger partial charge in [-0.2, -0.15) is 5.10 Å². The van der Waals surface area contributed by atoms with Crippen LogP contribution in [0.25, 0.3) is 0 Å². The van der Waals surface area contributed by atoms with Gasteiger partial charge in [0.05, 0.1) is 16.9 Å². The molecule has 0 aliphatic carbocycles. The van der Waals surface area contributed by atoms with Gasteiger partial charge in [-0.05, 0) is 45.1 Å². The number of hydrogen-bond donors (Lipinski definition) is 1. The zero-order chi connectivity index (χ0) is 14.3. The minimum Gasteiger partial charge on any atom is -0.386 e. The van der Waals surface area contributed by atoms with Crippen LogP contribution in [0, 0.1) is 5.92 Å². The largest absolute Gasteiger partial charge is 0.386 e. The topological polar surface area (TPSA) is 41.3 Å². The second-order valence-corrected chi connectivity index (χ2v) is 6.73. The highest BCUT2D eigenvalue weighted by atomic mass is 35.5. The highest BCUT2D eigenvalue weighted by Crippen LogP contribution is 2.43. The van der Waals surface area contributed by atoms with Gasteiger partial charge < -0.3 is 10.0 Å². The molecule has 2 saturated heterocycles. The Labute approximate surface area is 125 Å². The fraction of sp³-hybridized carbons (Fsp3) is 0.800. The molecule has 0 spiro atoms. The molecule has 3 atom stereocenters. The fourth-order valence-electron chi connectivity index (χ4n) is 3.99. The van der Waals surface area contributed by atoms with Gasteiger partial charge in [0.25, 0.3) is 0 Å². The van der Waals surface area contributed by atoms with Crippen molar-refractivity contribution in [2.24, 2.45) is 5.92 Å². The maximum Gasteiger partial charge on any atom is 0.100 e. The van der Waals surface area contributed by atoms with E-state index in [1.807, 2.05) is 4.68 Å². The SMILES string of the molecule is CCCn1ncc(Cl)c1C(O)C1CC2CCC(C1)N2C. The summed E-state index contributed by atoms with van der Waals surface area (Å²) in [6.07, 6.45) is 6.87. The summed E-state index contributed by atoms with van der Waals surface area (Å²) in [5.74, 6) is 0.313. The summed E-state index contributed by atoms with van der Waals surface area (Å²) in [5, 5.41) is 15.7. The Morgan fingerprint density at radius 1 is 1.40 bits per heavy atom. The predicted molar refractivity (Wildman–Crippen MR) is 79.8 cm³/mol. The lowest BCUT2D eigenvalue weighted by Crippen LogP contribution is -2.41. The monoisotopic (exact) mass is 297 g/mol. The summed E-state index contributed by atoms with van der Waals surface area (Å²) < 4.78 is 1.88. The molecule has 1 aromatic heterocycles. The molecule has 2 aliphatic heterocycles. The average molecular weight is 298 g/mol. The Morgan fingerprint density at radius 3 is 2.65 bits per heavy atom. The van der Waals surface area contributed by atoms with E-state index in [0.717, 1.165) is 31.5 Å². The first-order valence-corrected chi connectivity index (χ1v) is 8.10. The minimum absolute atomic E-state index is 0.313. The molecule has 20 heavy (non-hydrogen) atoms. The predicted octanol–water partition coefficient (Wildman–Crippen LogP) is 2.85. The highest BCUT2D eigenvalue weighted by Gasteiger charge is 2.41. The zero-order valence-corrected chi connectivity index (χ0v) is 13.1. The van der Waals surface area contributed by atoms with Crippen molar-refractivity contribution in [2.75, 3.05) is 7.05 Å². The smallest absolute Gasteiger partial charge is 0.100 e. The van der Waals surface area contributed by atoms with Crippen LogP contribution < -0.4 is 0 Å². The molecule has 2 aliphatic rings. The summed E-state index contributed by atoms with van der Waals surface area (Å²) in [6.45, 7) is 2.93. The van der Waals surface area contributed by atoms with Gasteiger partial charge in [-0.3, -0.25) is 4.68 Å². The number of hydrogen-bond acceptors (Lipinski definition) is 3. The van der Waals surface area contributed by atoms with Gasteiger partial charge in [0.15, 0.2) is 0 Å². The van der Waals surface area contributed by atoms with E-state index >= 15 is 0 Å². The number of rotatable bonds is 4. The van der Waals surface area contributed by atoms with Crippen LogP contribution in [-0.2, 0) is 6.54 Å². The Hall–Kier alpha value is -0.580. The molecule has 2 fully saturated rings. The van der Waals surface area contributed by atoms with Gasteiger partial charge >= 0.3 is 0 Å². The fourth-order valence-corrected chi connectivity index (χ4v) is 4.24. The molecule has 0 radical (unpaired) electrons. The van der Waals surface area contributed by atoms with E-state index in [2.05, 4.69) is 24.0 Å². The number of aryl methyl sites for hydroxylation is 1. The van der Waals surface area contributed by atoms with E-state index in [4.69, 9.17) is 11.6 Å². The van der Waals surface area contributed by atoms with Crippen LogP contribution in [0.2, 0.25) is 5.02 Å². The number of aliphatic hydroxyl groups is 1. The molecule has 3 unspecified atom stereocenters. The van der Waals surface area contributed by atoms with Crippen LogP contribution in [0.5, 0.6) is 0 Å². The van der Waals surface area contributed by atoms with Crippen LogP contribution in [0.3, 0.4) is 0 Å². The number of aliphatic hydroxyl groups excluding tert-OH is 1.